The van der Waals surface area contributed by atoms with Crippen LogP contribution in [0.2, 0.25) is 0 Å². The minimum Gasteiger partial charge on any atom is -0.290 e. The van der Waals surface area contributed by atoms with E-state index in [2.05, 4.69) is 20.5 Å². The molecule has 0 spiro atoms. The second-order valence-corrected chi connectivity index (χ2v) is 6.22. The smallest absolute Gasteiger partial charge is 0.270 e. The average molecular weight is 347 g/mol. The fourth-order valence-electron chi connectivity index (χ4n) is 2.40. The number of aromatic amines is 1. The van der Waals surface area contributed by atoms with Crippen molar-refractivity contribution in [1.29, 1.82) is 0 Å². The SMILES string of the molecule is O=C(Nc1ncn[nH]1)c1sc(-c2ccccc2)nc1-c1ccccc1. The van der Waals surface area contributed by atoms with Crippen molar-refractivity contribution in [2.24, 2.45) is 0 Å². The molecule has 4 aromatic rings. The lowest BCUT2D eigenvalue weighted by Crippen LogP contribution is -2.12. The van der Waals surface area contributed by atoms with Crippen molar-refractivity contribution in [3.63, 3.8) is 0 Å². The van der Waals surface area contributed by atoms with Crippen molar-refractivity contribution in [3.05, 3.63) is 71.9 Å². The molecule has 1 amide bonds. The molecule has 0 atom stereocenters. The van der Waals surface area contributed by atoms with Gasteiger partial charge in [0, 0.05) is 11.1 Å². The minimum atomic E-state index is -0.268. The number of amides is 1. The number of nitrogens with zero attached hydrogens (tertiary/aromatic N) is 3. The van der Waals surface area contributed by atoms with Crippen molar-refractivity contribution >= 4 is 23.2 Å². The Labute approximate surface area is 147 Å². The van der Waals surface area contributed by atoms with E-state index in [1.165, 1.54) is 17.7 Å². The Balaban J connectivity index is 1.78. The third kappa shape index (κ3) is 3.17. The molecule has 0 aliphatic heterocycles. The van der Waals surface area contributed by atoms with Crippen LogP contribution in [0.3, 0.4) is 0 Å². The Morgan fingerprint density at radius 2 is 1.64 bits per heavy atom. The molecule has 7 heteroatoms. The first-order chi connectivity index (χ1) is 12.3. The average Bonchev–Trinajstić information content (AvgIpc) is 3.33. The summed E-state index contributed by atoms with van der Waals surface area (Å²) in [6, 6.07) is 19.5. The van der Waals surface area contributed by atoms with Gasteiger partial charge in [-0.3, -0.25) is 10.1 Å². The molecular formula is C18H13N5OS. The fourth-order valence-corrected chi connectivity index (χ4v) is 3.39. The van der Waals surface area contributed by atoms with Crippen LogP contribution >= 0.6 is 11.3 Å². The van der Waals surface area contributed by atoms with Gasteiger partial charge < -0.3 is 0 Å². The molecule has 0 aliphatic carbocycles. The van der Waals surface area contributed by atoms with Gasteiger partial charge >= 0.3 is 0 Å². The summed E-state index contributed by atoms with van der Waals surface area (Å²) in [5, 5.41) is 9.88. The molecule has 0 radical (unpaired) electrons. The highest BCUT2D eigenvalue weighted by Gasteiger charge is 2.20. The van der Waals surface area contributed by atoms with Crippen molar-refractivity contribution in [2.45, 2.75) is 0 Å². The third-order valence-corrected chi connectivity index (χ3v) is 4.65. The van der Waals surface area contributed by atoms with Crippen LogP contribution in [0, 0.1) is 0 Å². The van der Waals surface area contributed by atoms with Crippen LogP contribution in [0.1, 0.15) is 9.67 Å². The molecule has 25 heavy (non-hydrogen) atoms. The largest absolute Gasteiger partial charge is 0.290 e. The third-order valence-electron chi connectivity index (χ3n) is 3.55. The number of aromatic nitrogens is 4. The van der Waals surface area contributed by atoms with Crippen LogP contribution < -0.4 is 5.32 Å². The number of carbonyl (C=O) groups excluding carboxylic acids is 1. The van der Waals surface area contributed by atoms with Crippen LogP contribution in [-0.2, 0) is 0 Å². The Morgan fingerprint density at radius 3 is 2.28 bits per heavy atom. The molecule has 6 nitrogen and oxygen atoms in total. The zero-order valence-corrected chi connectivity index (χ0v) is 13.8. The Hall–Kier alpha value is -3.32. The maximum atomic E-state index is 12.7. The van der Waals surface area contributed by atoms with Gasteiger partial charge in [-0.2, -0.15) is 10.1 Å². The van der Waals surface area contributed by atoms with Crippen molar-refractivity contribution < 1.29 is 4.79 Å². The quantitative estimate of drug-likeness (QED) is 0.587. The predicted molar refractivity (Wildman–Crippen MR) is 97.3 cm³/mol. The maximum Gasteiger partial charge on any atom is 0.270 e. The van der Waals surface area contributed by atoms with Crippen molar-refractivity contribution in [1.82, 2.24) is 20.2 Å². The van der Waals surface area contributed by atoms with Gasteiger partial charge in [0.25, 0.3) is 5.91 Å². The lowest BCUT2D eigenvalue weighted by Gasteiger charge is -2.02. The molecule has 0 bridgehead atoms. The van der Waals surface area contributed by atoms with E-state index in [1.54, 1.807) is 0 Å². The number of rotatable bonds is 4. The topological polar surface area (TPSA) is 83.6 Å². The molecule has 4 rings (SSSR count). The molecule has 122 valence electrons. The van der Waals surface area contributed by atoms with E-state index >= 15 is 0 Å². The van der Waals surface area contributed by atoms with E-state index in [-0.39, 0.29) is 5.91 Å². The van der Waals surface area contributed by atoms with Gasteiger partial charge in [-0.1, -0.05) is 60.7 Å². The summed E-state index contributed by atoms with van der Waals surface area (Å²) in [5.74, 6) is 0.0361. The Morgan fingerprint density at radius 1 is 0.960 bits per heavy atom. The summed E-state index contributed by atoms with van der Waals surface area (Å²) in [6.45, 7) is 0. The number of benzene rings is 2. The van der Waals surface area contributed by atoms with Gasteiger partial charge in [-0.15, -0.1) is 11.3 Å². The summed E-state index contributed by atoms with van der Waals surface area (Å²) in [4.78, 5) is 21.9. The van der Waals surface area contributed by atoms with Crippen LogP contribution in [0.15, 0.2) is 67.0 Å². The van der Waals surface area contributed by atoms with E-state index in [1.807, 2.05) is 60.7 Å². The van der Waals surface area contributed by atoms with Gasteiger partial charge in [0.2, 0.25) is 5.95 Å². The second kappa shape index (κ2) is 6.66. The van der Waals surface area contributed by atoms with E-state index < -0.39 is 0 Å². The zero-order valence-electron chi connectivity index (χ0n) is 13.0. The summed E-state index contributed by atoms with van der Waals surface area (Å²) >= 11 is 1.35. The fraction of sp³-hybridized carbons (Fsp3) is 0. The number of carbonyl (C=O) groups is 1. The van der Waals surface area contributed by atoms with Gasteiger partial charge in [-0.05, 0) is 0 Å². The number of thiazole rings is 1. The van der Waals surface area contributed by atoms with E-state index in [9.17, 15) is 4.79 Å². The Kier molecular flexibility index (Phi) is 4.05. The van der Waals surface area contributed by atoms with Gasteiger partial charge in [0.1, 0.15) is 16.2 Å². The van der Waals surface area contributed by atoms with Gasteiger partial charge in [0.05, 0.1) is 5.69 Å². The van der Waals surface area contributed by atoms with E-state index in [0.29, 0.717) is 16.5 Å². The first-order valence-electron chi connectivity index (χ1n) is 7.59. The molecule has 2 aromatic heterocycles. The van der Waals surface area contributed by atoms with E-state index in [0.717, 1.165) is 16.1 Å². The van der Waals surface area contributed by atoms with Crippen LogP contribution in [-0.4, -0.2) is 26.1 Å². The molecule has 2 aromatic carbocycles. The number of H-pyrrole nitrogens is 1. The minimum absolute atomic E-state index is 0.268. The van der Waals surface area contributed by atoms with E-state index in [4.69, 9.17) is 4.98 Å². The lowest BCUT2D eigenvalue weighted by molar-refractivity contribution is 0.103. The molecule has 0 fully saturated rings. The summed E-state index contributed by atoms with van der Waals surface area (Å²) < 4.78 is 0. The molecule has 0 saturated heterocycles. The first-order valence-corrected chi connectivity index (χ1v) is 8.41. The molecule has 2 heterocycles. The zero-order chi connectivity index (χ0) is 17.1. The van der Waals surface area contributed by atoms with Crippen LogP contribution in [0.25, 0.3) is 21.8 Å². The normalized spacial score (nSPS) is 10.6. The van der Waals surface area contributed by atoms with Crippen molar-refractivity contribution in [2.75, 3.05) is 5.32 Å². The molecule has 0 saturated carbocycles. The van der Waals surface area contributed by atoms with Crippen LogP contribution in [0.5, 0.6) is 0 Å². The first kappa shape index (κ1) is 15.2. The summed E-state index contributed by atoms with van der Waals surface area (Å²) in [6.07, 6.45) is 1.34. The Bertz CT molecular complexity index is 981. The number of hydrogen-bond acceptors (Lipinski definition) is 5. The molecule has 0 aliphatic rings. The molecule has 0 unspecified atom stereocenters. The van der Waals surface area contributed by atoms with Gasteiger partial charge in [0.15, 0.2) is 0 Å². The number of hydrogen-bond donors (Lipinski definition) is 2. The highest BCUT2D eigenvalue weighted by Crippen LogP contribution is 2.34. The maximum absolute atomic E-state index is 12.7. The molecular weight excluding hydrogens is 334 g/mol. The standard InChI is InChI=1S/C18H13N5OS/c24-16(22-18-19-11-20-23-18)15-14(12-7-3-1-4-8-12)21-17(25-15)13-9-5-2-6-10-13/h1-11H,(H2,19,20,22,23,24). The highest BCUT2D eigenvalue weighted by atomic mass is 32.1. The van der Waals surface area contributed by atoms with Crippen molar-refractivity contribution in [3.8, 4) is 21.8 Å². The monoisotopic (exact) mass is 347 g/mol. The lowest BCUT2D eigenvalue weighted by atomic mass is 10.1. The predicted octanol–water partition coefficient (Wildman–Crippen LogP) is 3.85. The van der Waals surface area contributed by atoms with Crippen LogP contribution in [0.4, 0.5) is 5.95 Å². The molecule has 2 N–H and O–H groups in total. The summed E-state index contributed by atoms with van der Waals surface area (Å²) in [7, 11) is 0. The number of nitrogens with one attached hydrogen (secondary N) is 2. The number of anilines is 1. The highest BCUT2D eigenvalue weighted by molar-refractivity contribution is 7.17. The van der Waals surface area contributed by atoms with Gasteiger partial charge in [-0.25, -0.2) is 10.1 Å². The second-order valence-electron chi connectivity index (χ2n) is 5.22. The summed E-state index contributed by atoms with van der Waals surface area (Å²) in [5.41, 5.74) is 2.52.